The highest BCUT2D eigenvalue weighted by atomic mass is 32.1. The van der Waals surface area contributed by atoms with Crippen LogP contribution in [-0.2, 0) is 19.4 Å². The minimum atomic E-state index is -0.0372. The van der Waals surface area contributed by atoms with E-state index >= 15 is 0 Å². The molecule has 6 heteroatoms. The van der Waals surface area contributed by atoms with E-state index in [0.29, 0.717) is 11.6 Å². The molecule has 0 unspecified atom stereocenters. The summed E-state index contributed by atoms with van der Waals surface area (Å²) in [6.07, 6.45) is 9.09. The van der Waals surface area contributed by atoms with Gasteiger partial charge in [0, 0.05) is 30.4 Å². The third-order valence-corrected chi connectivity index (χ3v) is 4.60. The van der Waals surface area contributed by atoms with Crippen LogP contribution in [0.4, 0.5) is 0 Å². The first-order valence-corrected chi connectivity index (χ1v) is 7.89. The molecule has 2 aromatic heterocycles. The normalized spacial score (nSPS) is 14.0. The fraction of sp³-hybridized carbons (Fsp3) is 0.500. The minimum absolute atomic E-state index is 0.0372. The predicted molar refractivity (Wildman–Crippen MR) is 77.9 cm³/mol. The molecule has 1 aliphatic carbocycles. The van der Waals surface area contributed by atoms with E-state index in [9.17, 15) is 4.79 Å². The van der Waals surface area contributed by atoms with Crippen LogP contribution in [0.5, 0.6) is 0 Å². The summed E-state index contributed by atoms with van der Waals surface area (Å²) in [6, 6.07) is 1.90. The maximum Gasteiger partial charge on any atom is 0.280 e. The number of aryl methyl sites for hydroxylation is 3. The number of thiazole rings is 1. The zero-order valence-electron chi connectivity index (χ0n) is 11.3. The Morgan fingerprint density at radius 3 is 3.10 bits per heavy atom. The summed E-state index contributed by atoms with van der Waals surface area (Å²) in [5.41, 5.74) is 1.14. The van der Waals surface area contributed by atoms with E-state index in [1.165, 1.54) is 17.7 Å². The second-order valence-corrected chi connectivity index (χ2v) is 6.06. The Bertz CT molecular complexity index is 553. The molecule has 1 N–H and O–H groups in total. The van der Waals surface area contributed by atoms with Gasteiger partial charge in [-0.2, -0.15) is 5.10 Å². The largest absolute Gasteiger partial charge is 0.350 e. The summed E-state index contributed by atoms with van der Waals surface area (Å²) in [5.74, 6) is -0.0372. The number of hydrogen-bond acceptors (Lipinski definition) is 4. The molecule has 106 valence electrons. The summed E-state index contributed by atoms with van der Waals surface area (Å²) in [5, 5.41) is 7.69. The molecule has 5 nitrogen and oxygen atoms in total. The topological polar surface area (TPSA) is 59.8 Å². The highest BCUT2D eigenvalue weighted by Gasteiger charge is 2.18. The van der Waals surface area contributed by atoms with E-state index in [-0.39, 0.29) is 5.91 Å². The molecule has 1 amide bonds. The Labute approximate surface area is 122 Å². The zero-order chi connectivity index (χ0) is 13.8. The maximum absolute atomic E-state index is 12.0. The summed E-state index contributed by atoms with van der Waals surface area (Å²) in [4.78, 5) is 17.8. The van der Waals surface area contributed by atoms with Gasteiger partial charge in [-0.25, -0.2) is 4.98 Å². The molecular formula is C14H18N4OS. The number of aromatic nitrogens is 3. The number of carbonyl (C=O) groups is 1. The van der Waals surface area contributed by atoms with Crippen LogP contribution in [0.15, 0.2) is 18.5 Å². The number of amides is 1. The van der Waals surface area contributed by atoms with Gasteiger partial charge in [-0.3, -0.25) is 9.48 Å². The van der Waals surface area contributed by atoms with Crippen molar-refractivity contribution in [1.82, 2.24) is 20.1 Å². The number of hydrogen-bond donors (Lipinski definition) is 1. The number of nitrogens with one attached hydrogen (secondary N) is 1. The summed E-state index contributed by atoms with van der Waals surface area (Å²) in [7, 11) is 0. The molecule has 1 aliphatic rings. The van der Waals surface area contributed by atoms with Gasteiger partial charge in [-0.15, -0.1) is 11.3 Å². The fourth-order valence-electron chi connectivity index (χ4n) is 2.40. The molecular weight excluding hydrogens is 272 g/mol. The van der Waals surface area contributed by atoms with E-state index in [1.807, 2.05) is 16.9 Å². The Kier molecular flexibility index (Phi) is 4.11. The van der Waals surface area contributed by atoms with Gasteiger partial charge in [0.2, 0.25) is 0 Å². The SMILES string of the molecule is O=C(NCCCn1cccn1)c1nc2c(s1)CCCC2. The van der Waals surface area contributed by atoms with Crippen LogP contribution < -0.4 is 5.32 Å². The second-order valence-electron chi connectivity index (χ2n) is 4.97. The van der Waals surface area contributed by atoms with Crippen molar-refractivity contribution in [2.75, 3.05) is 6.54 Å². The van der Waals surface area contributed by atoms with Crippen molar-refractivity contribution in [2.24, 2.45) is 0 Å². The summed E-state index contributed by atoms with van der Waals surface area (Å²) < 4.78 is 1.87. The van der Waals surface area contributed by atoms with Crippen LogP contribution >= 0.6 is 11.3 Å². The van der Waals surface area contributed by atoms with E-state index < -0.39 is 0 Å². The van der Waals surface area contributed by atoms with Crippen LogP contribution in [0, 0.1) is 0 Å². The molecule has 0 bridgehead atoms. The van der Waals surface area contributed by atoms with Gasteiger partial charge in [0.25, 0.3) is 5.91 Å². The van der Waals surface area contributed by atoms with E-state index in [4.69, 9.17) is 0 Å². The first-order valence-electron chi connectivity index (χ1n) is 7.07. The van der Waals surface area contributed by atoms with Crippen LogP contribution in [-0.4, -0.2) is 27.2 Å². The Hall–Kier alpha value is -1.69. The lowest BCUT2D eigenvalue weighted by Gasteiger charge is -2.06. The predicted octanol–water partition coefficient (Wildman–Crippen LogP) is 2.04. The van der Waals surface area contributed by atoms with Crippen LogP contribution in [0.1, 0.15) is 39.6 Å². The van der Waals surface area contributed by atoms with E-state index in [2.05, 4.69) is 15.4 Å². The highest BCUT2D eigenvalue weighted by Crippen LogP contribution is 2.26. The molecule has 0 saturated heterocycles. The molecule has 0 spiro atoms. The molecule has 0 aromatic carbocycles. The van der Waals surface area contributed by atoms with Gasteiger partial charge in [-0.05, 0) is 38.2 Å². The third-order valence-electron chi connectivity index (χ3n) is 3.45. The Morgan fingerprint density at radius 1 is 1.40 bits per heavy atom. The second kappa shape index (κ2) is 6.17. The minimum Gasteiger partial charge on any atom is -0.350 e. The quantitative estimate of drug-likeness (QED) is 0.857. The summed E-state index contributed by atoms with van der Waals surface area (Å²) in [6.45, 7) is 1.48. The van der Waals surface area contributed by atoms with Crippen LogP contribution in [0.25, 0.3) is 0 Å². The van der Waals surface area contributed by atoms with Crippen molar-refractivity contribution in [3.05, 3.63) is 34.0 Å². The van der Waals surface area contributed by atoms with Crippen molar-refractivity contribution in [2.45, 2.75) is 38.6 Å². The molecule has 20 heavy (non-hydrogen) atoms. The zero-order valence-corrected chi connectivity index (χ0v) is 12.2. The van der Waals surface area contributed by atoms with E-state index in [0.717, 1.165) is 31.5 Å². The average molecular weight is 290 g/mol. The van der Waals surface area contributed by atoms with Gasteiger partial charge >= 0.3 is 0 Å². The van der Waals surface area contributed by atoms with Crippen LogP contribution in [0.3, 0.4) is 0 Å². The monoisotopic (exact) mass is 290 g/mol. The number of carbonyl (C=O) groups excluding carboxylic acids is 1. The third kappa shape index (κ3) is 3.07. The molecule has 2 heterocycles. The first kappa shape index (κ1) is 13.3. The molecule has 3 rings (SSSR count). The highest BCUT2D eigenvalue weighted by molar-refractivity contribution is 7.13. The standard InChI is InChI=1S/C14H18N4OS/c19-13(15-7-3-9-18-10-4-8-16-18)14-17-11-5-1-2-6-12(11)20-14/h4,8,10H,1-3,5-7,9H2,(H,15,19). The number of rotatable bonds is 5. The summed E-state index contributed by atoms with van der Waals surface area (Å²) >= 11 is 1.56. The molecule has 2 aromatic rings. The smallest absolute Gasteiger partial charge is 0.280 e. The van der Waals surface area contributed by atoms with Gasteiger partial charge in [0.15, 0.2) is 5.01 Å². The van der Waals surface area contributed by atoms with Crippen molar-refractivity contribution < 1.29 is 4.79 Å². The average Bonchev–Trinajstić information content (AvgIpc) is 3.12. The molecule has 0 atom stereocenters. The van der Waals surface area contributed by atoms with Crippen molar-refractivity contribution >= 4 is 17.2 Å². The molecule has 0 fully saturated rings. The van der Waals surface area contributed by atoms with Gasteiger partial charge in [-0.1, -0.05) is 0 Å². The van der Waals surface area contributed by atoms with Crippen LogP contribution in [0.2, 0.25) is 0 Å². The van der Waals surface area contributed by atoms with Crippen molar-refractivity contribution in [1.29, 1.82) is 0 Å². The molecule has 0 aliphatic heterocycles. The lowest BCUT2D eigenvalue weighted by Crippen LogP contribution is -2.25. The van der Waals surface area contributed by atoms with Gasteiger partial charge in [0.05, 0.1) is 5.69 Å². The first-order chi connectivity index (χ1) is 9.83. The fourth-order valence-corrected chi connectivity index (χ4v) is 3.47. The van der Waals surface area contributed by atoms with Crippen molar-refractivity contribution in [3.8, 4) is 0 Å². The lowest BCUT2D eigenvalue weighted by atomic mass is 10.0. The number of nitrogens with zero attached hydrogens (tertiary/aromatic N) is 3. The van der Waals surface area contributed by atoms with Gasteiger partial charge in [0.1, 0.15) is 0 Å². The van der Waals surface area contributed by atoms with E-state index in [1.54, 1.807) is 17.5 Å². The molecule has 0 radical (unpaired) electrons. The van der Waals surface area contributed by atoms with Gasteiger partial charge < -0.3 is 5.32 Å². The Morgan fingerprint density at radius 2 is 2.30 bits per heavy atom. The van der Waals surface area contributed by atoms with Crippen molar-refractivity contribution in [3.63, 3.8) is 0 Å². The molecule has 0 saturated carbocycles. The maximum atomic E-state index is 12.0. The lowest BCUT2D eigenvalue weighted by molar-refractivity contribution is 0.0952. The Balaban J connectivity index is 1.48. The number of fused-ring (bicyclic) bond motifs is 1.